The average molecular weight is 224 g/mol. The van der Waals surface area contributed by atoms with Crippen molar-refractivity contribution in [3.63, 3.8) is 0 Å². The summed E-state index contributed by atoms with van der Waals surface area (Å²) in [6, 6.07) is 0.602. The van der Waals surface area contributed by atoms with Gasteiger partial charge in [0.15, 0.2) is 0 Å². The van der Waals surface area contributed by atoms with Crippen molar-refractivity contribution in [2.24, 2.45) is 0 Å². The fraction of sp³-hybridized carbons (Fsp3) is 0.833. The lowest BCUT2D eigenvalue weighted by Crippen LogP contribution is -2.26. The topological polar surface area (TPSA) is 42.7 Å². The molecule has 1 unspecified atom stereocenters. The maximum absolute atomic E-state index is 4.35. The largest absolute Gasteiger partial charge is 0.314 e. The van der Waals surface area contributed by atoms with E-state index in [0.29, 0.717) is 6.04 Å². The number of nitrogens with zero attached hydrogens (tertiary/aromatic N) is 3. The first-order valence-electron chi connectivity index (χ1n) is 6.25. The molecule has 0 fully saturated rings. The average Bonchev–Trinajstić information content (AvgIpc) is 2.55. The summed E-state index contributed by atoms with van der Waals surface area (Å²) in [4.78, 5) is 4.29. The fourth-order valence-corrected chi connectivity index (χ4v) is 1.81. The maximum Gasteiger partial charge on any atom is 0.147 e. The third-order valence-corrected chi connectivity index (χ3v) is 2.71. The maximum atomic E-state index is 4.35. The van der Waals surface area contributed by atoms with Gasteiger partial charge in [-0.2, -0.15) is 5.10 Å². The summed E-state index contributed by atoms with van der Waals surface area (Å²) in [6.45, 7) is 10.5. The van der Waals surface area contributed by atoms with Crippen LogP contribution in [0.15, 0.2) is 0 Å². The van der Waals surface area contributed by atoms with E-state index in [1.165, 1.54) is 12.8 Å². The van der Waals surface area contributed by atoms with Crippen LogP contribution in [0, 0.1) is 13.8 Å². The van der Waals surface area contributed by atoms with Crippen LogP contribution in [0.4, 0.5) is 0 Å². The Bertz CT molecular complexity index is 306. The number of nitrogens with one attached hydrogen (secondary N) is 1. The molecular formula is C12H24N4. The first-order chi connectivity index (χ1) is 7.63. The lowest BCUT2D eigenvalue weighted by atomic mass is 10.2. The molecule has 0 spiro atoms. The van der Waals surface area contributed by atoms with Crippen LogP contribution in [0.25, 0.3) is 0 Å². The molecule has 0 aliphatic rings. The highest BCUT2D eigenvalue weighted by Gasteiger charge is 2.04. The van der Waals surface area contributed by atoms with E-state index in [0.717, 1.165) is 31.2 Å². The molecule has 0 aromatic carbocycles. The second-order valence-electron chi connectivity index (χ2n) is 4.43. The molecule has 0 amide bonds. The minimum absolute atomic E-state index is 0.602. The normalized spacial score (nSPS) is 13.0. The minimum Gasteiger partial charge on any atom is -0.314 e. The molecule has 0 radical (unpaired) electrons. The van der Waals surface area contributed by atoms with Gasteiger partial charge in [0.25, 0.3) is 0 Å². The van der Waals surface area contributed by atoms with Crippen LogP contribution < -0.4 is 5.32 Å². The van der Waals surface area contributed by atoms with E-state index in [1.807, 2.05) is 18.5 Å². The van der Waals surface area contributed by atoms with Crippen LogP contribution in [-0.2, 0) is 6.54 Å². The molecule has 1 aromatic heterocycles. The first-order valence-corrected chi connectivity index (χ1v) is 6.25. The van der Waals surface area contributed by atoms with Gasteiger partial charge in [-0.1, -0.05) is 6.92 Å². The second kappa shape index (κ2) is 6.63. The Hall–Kier alpha value is -0.900. The lowest BCUT2D eigenvalue weighted by molar-refractivity contribution is 0.459. The van der Waals surface area contributed by atoms with E-state index >= 15 is 0 Å². The van der Waals surface area contributed by atoms with Gasteiger partial charge in [0.1, 0.15) is 11.6 Å². The third kappa shape index (κ3) is 4.31. The molecule has 1 atom stereocenters. The summed E-state index contributed by atoms with van der Waals surface area (Å²) in [5.41, 5.74) is 0. The van der Waals surface area contributed by atoms with Gasteiger partial charge in [-0.3, -0.25) is 4.68 Å². The molecule has 92 valence electrons. The number of hydrogen-bond donors (Lipinski definition) is 1. The summed E-state index contributed by atoms with van der Waals surface area (Å²) >= 11 is 0. The number of aryl methyl sites for hydroxylation is 3. The van der Waals surface area contributed by atoms with Gasteiger partial charge in [0, 0.05) is 12.6 Å². The van der Waals surface area contributed by atoms with E-state index in [4.69, 9.17) is 0 Å². The zero-order valence-electron chi connectivity index (χ0n) is 11.0. The predicted octanol–water partition coefficient (Wildman–Crippen LogP) is 2.06. The van der Waals surface area contributed by atoms with Gasteiger partial charge >= 0.3 is 0 Å². The van der Waals surface area contributed by atoms with Crippen LogP contribution in [0.5, 0.6) is 0 Å². The molecule has 0 saturated carbocycles. The van der Waals surface area contributed by atoms with E-state index in [9.17, 15) is 0 Å². The molecule has 4 heteroatoms. The van der Waals surface area contributed by atoms with Crippen molar-refractivity contribution in [3.8, 4) is 0 Å². The molecule has 0 saturated heterocycles. The van der Waals surface area contributed by atoms with Crippen molar-refractivity contribution < 1.29 is 0 Å². The zero-order chi connectivity index (χ0) is 12.0. The Morgan fingerprint density at radius 3 is 2.69 bits per heavy atom. The quantitative estimate of drug-likeness (QED) is 0.771. The Labute approximate surface area is 98.5 Å². The second-order valence-corrected chi connectivity index (χ2v) is 4.43. The molecule has 1 aromatic rings. The monoisotopic (exact) mass is 224 g/mol. The fourth-order valence-electron chi connectivity index (χ4n) is 1.81. The van der Waals surface area contributed by atoms with Crippen LogP contribution in [0.2, 0.25) is 0 Å². The van der Waals surface area contributed by atoms with E-state index < -0.39 is 0 Å². The first kappa shape index (κ1) is 13.2. The van der Waals surface area contributed by atoms with Crippen molar-refractivity contribution in [1.82, 2.24) is 20.1 Å². The van der Waals surface area contributed by atoms with Crippen LogP contribution in [-0.4, -0.2) is 27.4 Å². The minimum atomic E-state index is 0.602. The Balaban J connectivity index is 2.22. The molecular weight excluding hydrogens is 200 g/mol. The number of hydrogen-bond acceptors (Lipinski definition) is 3. The van der Waals surface area contributed by atoms with Crippen LogP contribution in [0.3, 0.4) is 0 Å². The smallest absolute Gasteiger partial charge is 0.147 e. The van der Waals surface area contributed by atoms with Gasteiger partial charge in [-0.05, 0) is 46.6 Å². The van der Waals surface area contributed by atoms with Crippen molar-refractivity contribution in [3.05, 3.63) is 11.6 Å². The summed E-state index contributed by atoms with van der Waals surface area (Å²) < 4.78 is 2.00. The zero-order valence-corrected chi connectivity index (χ0v) is 11.0. The molecule has 0 aliphatic heterocycles. The molecule has 1 heterocycles. The van der Waals surface area contributed by atoms with Gasteiger partial charge < -0.3 is 5.32 Å². The van der Waals surface area contributed by atoms with Crippen molar-refractivity contribution in [2.75, 3.05) is 6.54 Å². The Kier molecular flexibility index (Phi) is 5.46. The van der Waals surface area contributed by atoms with E-state index in [-0.39, 0.29) is 0 Å². The van der Waals surface area contributed by atoms with Crippen molar-refractivity contribution in [2.45, 2.75) is 59.5 Å². The van der Waals surface area contributed by atoms with E-state index in [2.05, 4.69) is 29.2 Å². The highest BCUT2D eigenvalue weighted by Crippen LogP contribution is 2.02. The molecule has 0 bridgehead atoms. The van der Waals surface area contributed by atoms with Gasteiger partial charge in [-0.25, -0.2) is 4.98 Å². The number of aromatic nitrogens is 3. The third-order valence-electron chi connectivity index (χ3n) is 2.71. The molecule has 16 heavy (non-hydrogen) atoms. The SMILES string of the molecule is CCCNC(C)CCCn1nc(C)nc1C. The van der Waals surface area contributed by atoms with Gasteiger partial charge in [0.05, 0.1) is 0 Å². The number of rotatable bonds is 7. The van der Waals surface area contributed by atoms with Crippen molar-refractivity contribution >= 4 is 0 Å². The molecule has 1 N–H and O–H groups in total. The van der Waals surface area contributed by atoms with E-state index in [1.54, 1.807) is 0 Å². The van der Waals surface area contributed by atoms with Crippen LogP contribution >= 0.6 is 0 Å². The lowest BCUT2D eigenvalue weighted by Gasteiger charge is -2.12. The van der Waals surface area contributed by atoms with Gasteiger partial charge in [0.2, 0.25) is 0 Å². The van der Waals surface area contributed by atoms with Crippen LogP contribution in [0.1, 0.15) is 44.8 Å². The predicted molar refractivity (Wildman–Crippen MR) is 66.5 cm³/mol. The molecule has 0 aliphatic carbocycles. The summed E-state index contributed by atoms with van der Waals surface area (Å²) in [6.07, 6.45) is 3.55. The molecule has 4 nitrogen and oxygen atoms in total. The summed E-state index contributed by atoms with van der Waals surface area (Å²) in [5, 5.41) is 7.85. The molecule has 1 rings (SSSR count). The summed E-state index contributed by atoms with van der Waals surface area (Å²) in [5.74, 6) is 1.89. The highest BCUT2D eigenvalue weighted by atomic mass is 15.3. The van der Waals surface area contributed by atoms with Gasteiger partial charge in [-0.15, -0.1) is 0 Å². The highest BCUT2D eigenvalue weighted by molar-refractivity contribution is 4.87. The Morgan fingerprint density at radius 1 is 1.38 bits per heavy atom. The standard InChI is InChI=1S/C12H24N4/c1-5-8-13-10(2)7-6-9-16-12(4)14-11(3)15-16/h10,13H,5-9H2,1-4H3. The Morgan fingerprint density at radius 2 is 2.12 bits per heavy atom. The van der Waals surface area contributed by atoms with Crippen molar-refractivity contribution in [1.29, 1.82) is 0 Å². The summed E-state index contributed by atoms with van der Waals surface area (Å²) in [7, 11) is 0.